The van der Waals surface area contributed by atoms with E-state index in [2.05, 4.69) is 4.99 Å². The molecule has 0 saturated carbocycles. The first-order chi connectivity index (χ1) is 9.13. The van der Waals surface area contributed by atoms with Crippen molar-refractivity contribution in [3.63, 3.8) is 0 Å². The van der Waals surface area contributed by atoms with Crippen molar-refractivity contribution in [2.75, 3.05) is 0 Å². The third-order valence-electron chi connectivity index (χ3n) is 2.42. The topological polar surface area (TPSA) is 73.6 Å². The van der Waals surface area contributed by atoms with Crippen molar-refractivity contribution in [3.05, 3.63) is 59.9 Å². The molecule has 0 fully saturated rings. The summed E-state index contributed by atoms with van der Waals surface area (Å²) in [6.45, 7) is 0.430. The number of nitrogens with two attached hydrogens (primary N) is 2. The zero-order valence-corrected chi connectivity index (χ0v) is 13.0. The van der Waals surface area contributed by atoms with Crippen LogP contribution < -0.4 is 16.2 Å². The number of halogens is 2. The summed E-state index contributed by atoms with van der Waals surface area (Å²) in [5, 5.41) is 0. The van der Waals surface area contributed by atoms with E-state index in [4.69, 9.17) is 16.2 Å². The summed E-state index contributed by atoms with van der Waals surface area (Å²) in [6.07, 6.45) is 0. The van der Waals surface area contributed by atoms with Crippen LogP contribution in [-0.4, -0.2) is 5.96 Å². The fourth-order valence-electron chi connectivity index (χ4n) is 1.48. The Morgan fingerprint density at radius 2 is 1.45 bits per heavy atom. The zero-order chi connectivity index (χ0) is 13.7. The van der Waals surface area contributed by atoms with Crippen LogP contribution in [-0.2, 0) is 6.54 Å². The van der Waals surface area contributed by atoms with Crippen molar-refractivity contribution in [2.45, 2.75) is 6.54 Å². The van der Waals surface area contributed by atoms with E-state index >= 15 is 0 Å². The molecule has 6 heteroatoms. The van der Waals surface area contributed by atoms with Crippen molar-refractivity contribution >= 4 is 29.9 Å². The van der Waals surface area contributed by atoms with Crippen LogP contribution in [0.5, 0.6) is 11.5 Å². The molecule has 0 spiro atoms. The smallest absolute Gasteiger partial charge is 0.186 e. The Bertz CT molecular complexity index is 566. The fourth-order valence-corrected chi connectivity index (χ4v) is 1.48. The highest BCUT2D eigenvalue weighted by molar-refractivity contribution is 14.0. The first-order valence-corrected chi connectivity index (χ1v) is 5.71. The quantitative estimate of drug-likeness (QED) is 0.481. The van der Waals surface area contributed by atoms with Crippen molar-refractivity contribution in [1.82, 2.24) is 0 Å². The van der Waals surface area contributed by atoms with Gasteiger partial charge in [-0.05, 0) is 42.0 Å². The molecule has 0 aliphatic carbocycles. The van der Waals surface area contributed by atoms with Crippen molar-refractivity contribution in [2.24, 2.45) is 16.5 Å². The number of rotatable bonds is 4. The highest BCUT2D eigenvalue weighted by Crippen LogP contribution is 2.21. The van der Waals surface area contributed by atoms with Gasteiger partial charge in [0, 0.05) is 0 Å². The standard InChI is InChI=1S/C14H14FN3O.HI/c15-11-3-7-13(8-4-11)19-12-5-1-10(2-6-12)9-18-14(16)17;/h1-8H,9H2,(H4,16,17,18);1H. The van der Waals surface area contributed by atoms with Gasteiger partial charge in [0.25, 0.3) is 0 Å². The predicted molar refractivity (Wildman–Crippen MR) is 87.8 cm³/mol. The van der Waals surface area contributed by atoms with Crippen LogP contribution in [0.15, 0.2) is 53.5 Å². The summed E-state index contributed by atoms with van der Waals surface area (Å²) in [6, 6.07) is 13.2. The van der Waals surface area contributed by atoms with Crippen LogP contribution >= 0.6 is 24.0 Å². The zero-order valence-electron chi connectivity index (χ0n) is 10.6. The van der Waals surface area contributed by atoms with E-state index in [1.165, 1.54) is 12.1 Å². The van der Waals surface area contributed by atoms with Crippen LogP contribution in [0.2, 0.25) is 0 Å². The highest BCUT2D eigenvalue weighted by atomic mass is 127. The molecule has 0 atom stereocenters. The molecule has 4 N–H and O–H groups in total. The summed E-state index contributed by atoms with van der Waals surface area (Å²) in [5.41, 5.74) is 11.5. The monoisotopic (exact) mass is 387 g/mol. The van der Waals surface area contributed by atoms with E-state index in [1.54, 1.807) is 24.3 Å². The van der Waals surface area contributed by atoms with Crippen molar-refractivity contribution < 1.29 is 9.13 Å². The molecule has 0 unspecified atom stereocenters. The van der Waals surface area contributed by atoms with Crippen LogP contribution in [0.25, 0.3) is 0 Å². The molecule has 0 aromatic heterocycles. The van der Waals surface area contributed by atoms with Crippen LogP contribution in [0.1, 0.15) is 5.56 Å². The molecule has 4 nitrogen and oxygen atoms in total. The Kier molecular flexibility index (Phi) is 6.23. The van der Waals surface area contributed by atoms with Crippen LogP contribution in [0.3, 0.4) is 0 Å². The summed E-state index contributed by atoms with van der Waals surface area (Å²) < 4.78 is 18.3. The van der Waals surface area contributed by atoms with Gasteiger partial charge in [-0.25, -0.2) is 9.38 Å². The lowest BCUT2D eigenvalue weighted by Gasteiger charge is -2.06. The second-order valence-corrected chi connectivity index (χ2v) is 3.94. The minimum atomic E-state index is -0.292. The SMILES string of the molecule is I.NC(N)=NCc1ccc(Oc2ccc(F)cc2)cc1. The van der Waals surface area contributed by atoms with Gasteiger partial charge in [0.05, 0.1) is 6.54 Å². The Labute approximate surface area is 133 Å². The lowest BCUT2D eigenvalue weighted by molar-refractivity contribution is 0.480. The third-order valence-corrected chi connectivity index (χ3v) is 2.42. The molecule has 20 heavy (non-hydrogen) atoms. The fraction of sp³-hybridized carbons (Fsp3) is 0.0714. The van der Waals surface area contributed by atoms with Gasteiger partial charge in [-0.1, -0.05) is 12.1 Å². The molecule has 0 aliphatic rings. The largest absolute Gasteiger partial charge is 0.457 e. The van der Waals surface area contributed by atoms with Gasteiger partial charge in [-0.2, -0.15) is 0 Å². The van der Waals surface area contributed by atoms with Gasteiger partial charge in [0.2, 0.25) is 0 Å². The minimum Gasteiger partial charge on any atom is -0.457 e. The number of benzene rings is 2. The molecular weight excluding hydrogens is 372 g/mol. The van der Waals surface area contributed by atoms with E-state index < -0.39 is 0 Å². The van der Waals surface area contributed by atoms with Gasteiger partial charge in [-0.15, -0.1) is 24.0 Å². The molecule has 0 amide bonds. The maximum absolute atomic E-state index is 12.7. The van der Waals surface area contributed by atoms with Gasteiger partial charge < -0.3 is 16.2 Å². The van der Waals surface area contributed by atoms with Gasteiger partial charge in [-0.3, -0.25) is 0 Å². The number of hydrogen-bond donors (Lipinski definition) is 2. The molecule has 2 aromatic carbocycles. The summed E-state index contributed by atoms with van der Waals surface area (Å²) in [7, 11) is 0. The number of ether oxygens (including phenoxy) is 1. The summed E-state index contributed by atoms with van der Waals surface area (Å²) in [4.78, 5) is 3.91. The minimum absolute atomic E-state index is 0. The van der Waals surface area contributed by atoms with Crippen molar-refractivity contribution in [3.8, 4) is 11.5 Å². The second-order valence-electron chi connectivity index (χ2n) is 3.94. The molecule has 0 aliphatic heterocycles. The van der Waals surface area contributed by atoms with Gasteiger partial charge >= 0.3 is 0 Å². The van der Waals surface area contributed by atoms with E-state index in [1.807, 2.05) is 12.1 Å². The van der Waals surface area contributed by atoms with E-state index in [0.29, 0.717) is 18.0 Å². The predicted octanol–water partition coefficient (Wildman–Crippen LogP) is 3.01. The van der Waals surface area contributed by atoms with Gasteiger partial charge in [0.1, 0.15) is 17.3 Å². The van der Waals surface area contributed by atoms with Crippen molar-refractivity contribution in [1.29, 1.82) is 0 Å². The summed E-state index contributed by atoms with van der Waals surface area (Å²) >= 11 is 0. The number of aliphatic imine (C=N–C) groups is 1. The molecule has 0 radical (unpaired) electrons. The number of hydrogen-bond acceptors (Lipinski definition) is 2. The first-order valence-electron chi connectivity index (χ1n) is 5.71. The lowest BCUT2D eigenvalue weighted by atomic mass is 10.2. The van der Waals surface area contributed by atoms with E-state index in [9.17, 15) is 4.39 Å². The van der Waals surface area contributed by atoms with Crippen LogP contribution in [0, 0.1) is 5.82 Å². The lowest BCUT2D eigenvalue weighted by Crippen LogP contribution is -2.22. The third kappa shape index (κ3) is 5.04. The number of nitrogens with zero attached hydrogens (tertiary/aromatic N) is 1. The van der Waals surface area contributed by atoms with Gasteiger partial charge in [0.15, 0.2) is 5.96 Å². The highest BCUT2D eigenvalue weighted by Gasteiger charge is 1.98. The molecule has 0 saturated heterocycles. The molecular formula is C14H15FIN3O. The Morgan fingerprint density at radius 1 is 0.950 bits per heavy atom. The maximum atomic E-state index is 12.7. The molecule has 2 aromatic rings. The Hall–Kier alpha value is -1.83. The number of guanidine groups is 1. The average molecular weight is 387 g/mol. The second kappa shape index (κ2) is 7.68. The molecule has 106 valence electrons. The Balaban J connectivity index is 0.00000200. The first kappa shape index (κ1) is 16.2. The summed E-state index contributed by atoms with van der Waals surface area (Å²) in [5.74, 6) is 1.02. The Morgan fingerprint density at radius 3 is 1.95 bits per heavy atom. The normalized spacial score (nSPS) is 9.45. The van der Waals surface area contributed by atoms with Crippen LogP contribution in [0.4, 0.5) is 4.39 Å². The molecule has 2 rings (SSSR count). The average Bonchev–Trinajstić information content (AvgIpc) is 2.40. The maximum Gasteiger partial charge on any atom is 0.186 e. The molecule has 0 heterocycles. The van der Waals surface area contributed by atoms with E-state index in [0.717, 1.165) is 5.56 Å². The van der Waals surface area contributed by atoms with E-state index in [-0.39, 0.29) is 35.8 Å². The molecule has 0 bridgehead atoms.